The number of aromatic nitrogens is 2. The molecule has 1 unspecified atom stereocenters. The summed E-state index contributed by atoms with van der Waals surface area (Å²) in [6.07, 6.45) is 3.06. The number of benzene rings is 1. The van der Waals surface area contributed by atoms with Gasteiger partial charge in [-0.2, -0.15) is 5.10 Å². The Morgan fingerprint density at radius 3 is 2.58 bits per heavy atom. The minimum Gasteiger partial charge on any atom is -0.336 e. The number of aryl methyl sites for hydroxylation is 1. The van der Waals surface area contributed by atoms with Crippen LogP contribution in [0.25, 0.3) is 0 Å². The summed E-state index contributed by atoms with van der Waals surface area (Å²) in [7, 11) is 3.83. The molecule has 0 radical (unpaired) electrons. The lowest BCUT2D eigenvalue weighted by molar-refractivity contribution is 0.0776. The zero-order valence-electron chi connectivity index (χ0n) is 16.4. The number of amides is 1. The average Bonchev–Trinajstić information content (AvgIpc) is 2.99. The van der Waals surface area contributed by atoms with Crippen LogP contribution in [0.1, 0.15) is 47.6 Å². The third-order valence-electron chi connectivity index (χ3n) is 5.57. The third kappa shape index (κ3) is 3.68. The predicted molar refractivity (Wildman–Crippen MR) is 104 cm³/mol. The van der Waals surface area contributed by atoms with Crippen molar-refractivity contribution in [3.05, 3.63) is 52.8 Å². The van der Waals surface area contributed by atoms with Gasteiger partial charge in [-0.25, -0.2) is 0 Å². The SMILES string of the molecule is CCN(CC)C1CCc2c(c(C(=O)N(C)Cc3ccccc3)nn2C)C1. The minimum atomic E-state index is 0.0194. The van der Waals surface area contributed by atoms with E-state index in [4.69, 9.17) is 0 Å². The van der Waals surface area contributed by atoms with E-state index in [1.165, 1.54) is 5.69 Å². The van der Waals surface area contributed by atoms with Gasteiger partial charge in [0.15, 0.2) is 5.69 Å². The van der Waals surface area contributed by atoms with Gasteiger partial charge in [0, 0.05) is 37.9 Å². The minimum absolute atomic E-state index is 0.0194. The van der Waals surface area contributed by atoms with Crippen LogP contribution in [-0.2, 0) is 26.4 Å². The Balaban J connectivity index is 1.82. The summed E-state index contributed by atoms with van der Waals surface area (Å²) >= 11 is 0. The van der Waals surface area contributed by atoms with E-state index in [1.807, 2.05) is 49.1 Å². The van der Waals surface area contributed by atoms with Gasteiger partial charge in [-0.05, 0) is 37.9 Å². The largest absolute Gasteiger partial charge is 0.336 e. The quantitative estimate of drug-likeness (QED) is 0.801. The number of rotatable bonds is 6. The van der Waals surface area contributed by atoms with Gasteiger partial charge in [-0.3, -0.25) is 9.48 Å². The Morgan fingerprint density at radius 1 is 1.23 bits per heavy atom. The van der Waals surface area contributed by atoms with Crippen molar-refractivity contribution in [2.75, 3.05) is 20.1 Å². The van der Waals surface area contributed by atoms with E-state index in [0.29, 0.717) is 18.3 Å². The van der Waals surface area contributed by atoms with Crippen LogP contribution >= 0.6 is 0 Å². The van der Waals surface area contributed by atoms with Crippen molar-refractivity contribution in [2.45, 2.75) is 45.7 Å². The molecule has 140 valence electrons. The first-order valence-corrected chi connectivity index (χ1v) is 9.63. The molecule has 1 heterocycles. The molecule has 0 saturated heterocycles. The first kappa shape index (κ1) is 18.6. The first-order valence-electron chi connectivity index (χ1n) is 9.63. The maximum absolute atomic E-state index is 13.1. The van der Waals surface area contributed by atoms with Crippen LogP contribution in [0.4, 0.5) is 0 Å². The van der Waals surface area contributed by atoms with E-state index in [1.54, 1.807) is 4.90 Å². The molecule has 0 saturated carbocycles. The molecule has 0 spiro atoms. The Morgan fingerprint density at radius 2 is 1.92 bits per heavy atom. The second kappa shape index (κ2) is 8.04. The number of carbonyl (C=O) groups is 1. The number of fused-ring (bicyclic) bond motifs is 1. The standard InChI is InChI=1S/C21H30N4O/c1-5-25(6-2)17-12-13-19-18(14-17)20(22-24(19)4)21(26)23(3)15-16-10-8-7-9-11-16/h7-11,17H,5-6,12-15H2,1-4H3. The number of nitrogens with zero attached hydrogens (tertiary/aromatic N) is 4. The van der Waals surface area contributed by atoms with Crippen molar-refractivity contribution in [2.24, 2.45) is 7.05 Å². The third-order valence-corrected chi connectivity index (χ3v) is 5.57. The fraction of sp³-hybridized carbons (Fsp3) is 0.524. The molecule has 5 nitrogen and oxygen atoms in total. The van der Waals surface area contributed by atoms with Crippen LogP contribution in [0.5, 0.6) is 0 Å². The summed E-state index contributed by atoms with van der Waals surface area (Å²) in [6, 6.07) is 10.6. The maximum atomic E-state index is 13.1. The van der Waals surface area contributed by atoms with Crippen LogP contribution in [-0.4, -0.2) is 51.7 Å². The Bertz CT molecular complexity index is 749. The van der Waals surface area contributed by atoms with E-state index >= 15 is 0 Å². The normalized spacial score (nSPS) is 16.6. The van der Waals surface area contributed by atoms with E-state index in [9.17, 15) is 4.79 Å². The molecular formula is C21H30N4O. The second-order valence-corrected chi connectivity index (χ2v) is 7.16. The van der Waals surface area contributed by atoms with Gasteiger partial charge in [0.05, 0.1) is 0 Å². The summed E-state index contributed by atoms with van der Waals surface area (Å²) in [4.78, 5) is 17.4. The van der Waals surface area contributed by atoms with E-state index in [2.05, 4.69) is 23.8 Å². The molecule has 0 N–H and O–H groups in total. The molecule has 0 fully saturated rings. The van der Waals surface area contributed by atoms with Crippen molar-refractivity contribution in [3.8, 4) is 0 Å². The van der Waals surface area contributed by atoms with Gasteiger partial charge < -0.3 is 9.80 Å². The fourth-order valence-corrected chi connectivity index (χ4v) is 4.10. The van der Waals surface area contributed by atoms with E-state index in [-0.39, 0.29) is 5.91 Å². The molecule has 0 bridgehead atoms. The molecule has 3 rings (SSSR count). The lowest BCUT2D eigenvalue weighted by atomic mass is 9.90. The van der Waals surface area contributed by atoms with Crippen molar-refractivity contribution >= 4 is 5.91 Å². The predicted octanol–water partition coefficient (Wildman–Crippen LogP) is 2.89. The van der Waals surface area contributed by atoms with E-state index in [0.717, 1.165) is 43.5 Å². The monoisotopic (exact) mass is 354 g/mol. The van der Waals surface area contributed by atoms with Gasteiger partial charge in [0.2, 0.25) is 0 Å². The van der Waals surface area contributed by atoms with Gasteiger partial charge >= 0.3 is 0 Å². The molecule has 1 aliphatic carbocycles. The smallest absolute Gasteiger partial charge is 0.274 e. The zero-order chi connectivity index (χ0) is 18.7. The van der Waals surface area contributed by atoms with Crippen LogP contribution in [0.15, 0.2) is 30.3 Å². The van der Waals surface area contributed by atoms with Crippen LogP contribution < -0.4 is 0 Å². The molecule has 1 aromatic carbocycles. The molecule has 1 aliphatic rings. The van der Waals surface area contributed by atoms with Crippen molar-refractivity contribution in [1.29, 1.82) is 0 Å². The highest BCUT2D eigenvalue weighted by Gasteiger charge is 2.31. The van der Waals surface area contributed by atoms with Crippen molar-refractivity contribution in [3.63, 3.8) is 0 Å². The highest BCUT2D eigenvalue weighted by atomic mass is 16.2. The second-order valence-electron chi connectivity index (χ2n) is 7.16. The maximum Gasteiger partial charge on any atom is 0.274 e. The molecule has 1 aromatic heterocycles. The number of likely N-dealkylation sites (N-methyl/N-ethyl adjacent to an activating group) is 1. The molecule has 26 heavy (non-hydrogen) atoms. The van der Waals surface area contributed by atoms with Crippen molar-refractivity contribution < 1.29 is 4.79 Å². The Hall–Kier alpha value is -2.14. The van der Waals surface area contributed by atoms with Gasteiger partial charge in [0.25, 0.3) is 5.91 Å². The van der Waals surface area contributed by atoms with Crippen LogP contribution in [0.3, 0.4) is 0 Å². The lowest BCUT2D eigenvalue weighted by Crippen LogP contribution is -2.39. The van der Waals surface area contributed by atoms with Crippen molar-refractivity contribution in [1.82, 2.24) is 19.6 Å². The summed E-state index contributed by atoms with van der Waals surface area (Å²) in [5, 5.41) is 4.61. The molecule has 1 amide bonds. The lowest BCUT2D eigenvalue weighted by Gasteiger charge is -2.33. The Labute approximate surface area is 156 Å². The summed E-state index contributed by atoms with van der Waals surface area (Å²) in [6.45, 7) is 7.12. The van der Waals surface area contributed by atoms with Gasteiger partial charge in [-0.15, -0.1) is 0 Å². The zero-order valence-corrected chi connectivity index (χ0v) is 16.4. The van der Waals surface area contributed by atoms with Gasteiger partial charge in [-0.1, -0.05) is 44.2 Å². The fourth-order valence-electron chi connectivity index (χ4n) is 4.10. The topological polar surface area (TPSA) is 41.4 Å². The van der Waals surface area contributed by atoms with Gasteiger partial charge in [0.1, 0.15) is 0 Å². The highest BCUT2D eigenvalue weighted by molar-refractivity contribution is 5.94. The van der Waals surface area contributed by atoms with E-state index < -0.39 is 0 Å². The summed E-state index contributed by atoms with van der Waals surface area (Å²) in [5.41, 5.74) is 4.15. The average molecular weight is 354 g/mol. The molecular weight excluding hydrogens is 324 g/mol. The van der Waals surface area contributed by atoms with Crippen LogP contribution in [0.2, 0.25) is 0 Å². The first-order chi connectivity index (χ1) is 12.5. The molecule has 1 atom stereocenters. The van der Waals surface area contributed by atoms with Crippen LogP contribution in [0, 0.1) is 0 Å². The highest BCUT2D eigenvalue weighted by Crippen LogP contribution is 2.27. The summed E-state index contributed by atoms with van der Waals surface area (Å²) < 4.78 is 1.91. The molecule has 5 heteroatoms. The Kier molecular flexibility index (Phi) is 5.77. The number of hydrogen-bond acceptors (Lipinski definition) is 3. The summed E-state index contributed by atoms with van der Waals surface area (Å²) in [5.74, 6) is 0.0194. The molecule has 0 aliphatic heterocycles. The number of carbonyl (C=O) groups excluding carboxylic acids is 1. The number of hydrogen-bond donors (Lipinski definition) is 0. The molecule has 2 aromatic rings.